The van der Waals surface area contributed by atoms with Crippen LogP contribution in [0.1, 0.15) is 39.9 Å². The SMILES string of the molecule is O=C(NC(c1cccs1)c1cccs1)O[C@H]1C[N+]2(CCCc3cccs3)CCC1CC2. The molecular weight excluding hydrogens is 444 g/mol. The highest BCUT2D eigenvalue weighted by Crippen LogP contribution is 2.36. The number of piperidine rings is 3. The van der Waals surface area contributed by atoms with E-state index >= 15 is 0 Å². The second kappa shape index (κ2) is 9.45. The van der Waals surface area contributed by atoms with Gasteiger partial charge in [-0.2, -0.15) is 0 Å². The summed E-state index contributed by atoms with van der Waals surface area (Å²) < 4.78 is 7.20. The molecule has 3 aliphatic heterocycles. The van der Waals surface area contributed by atoms with Gasteiger partial charge in [0.15, 0.2) is 6.10 Å². The highest BCUT2D eigenvalue weighted by Gasteiger charge is 2.47. The quantitative estimate of drug-likeness (QED) is 0.412. The first-order valence-corrected chi connectivity index (χ1v) is 13.8. The van der Waals surface area contributed by atoms with Crippen molar-refractivity contribution in [1.82, 2.24) is 5.32 Å². The molecule has 164 valence electrons. The summed E-state index contributed by atoms with van der Waals surface area (Å²) >= 11 is 5.20. The second-order valence-electron chi connectivity index (χ2n) is 8.77. The fourth-order valence-corrected chi connectivity index (χ4v) is 7.61. The zero-order chi connectivity index (χ0) is 21.1. The second-order valence-corrected chi connectivity index (χ2v) is 11.8. The first-order chi connectivity index (χ1) is 15.2. The summed E-state index contributed by atoms with van der Waals surface area (Å²) in [5.74, 6) is 0.518. The Bertz CT molecular complexity index is 911. The number of carbonyl (C=O) groups excluding carboxylic acids is 1. The molecule has 3 saturated heterocycles. The van der Waals surface area contributed by atoms with Crippen molar-refractivity contribution >= 4 is 40.1 Å². The van der Waals surface area contributed by atoms with Gasteiger partial charge in [-0.05, 0) is 40.8 Å². The molecule has 3 aromatic rings. The van der Waals surface area contributed by atoms with E-state index in [1.807, 2.05) is 23.5 Å². The molecule has 0 saturated carbocycles. The van der Waals surface area contributed by atoms with Gasteiger partial charge in [-0.1, -0.05) is 18.2 Å². The van der Waals surface area contributed by atoms with Crippen molar-refractivity contribution in [2.75, 3.05) is 26.2 Å². The van der Waals surface area contributed by atoms with Crippen molar-refractivity contribution < 1.29 is 14.0 Å². The lowest BCUT2D eigenvalue weighted by molar-refractivity contribution is -0.946. The summed E-state index contributed by atoms with van der Waals surface area (Å²) in [6.07, 6.45) is 4.49. The van der Waals surface area contributed by atoms with Gasteiger partial charge in [0, 0.05) is 39.8 Å². The number of hydrogen-bond acceptors (Lipinski definition) is 5. The van der Waals surface area contributed by atoms with Crippen LogP contribution in [0.3, 0.4) is 0 Å². The largest absolute Gasteiger partial charge is 0.440 e. The number of aryl methyl sites for hydroxylation is 1. The van der Waals surface area contributed by atoms with E-state index in [0.717, 1.165) is 27.2 Å². The van der Waals surface area contributed by atoms with Crippen molar-refractivity contribution in [3.05, 3.63) is 67.2 Å². The summed E-state index contributed by atoms with van der Waals surface area (Å²) in [7, 11) is 0. The molecule has 0 spiro atoms. The van der Waals surface area contributed by atoms with Crippen LogP contribution >= 0.6 is 34.0 Å². The van der Waals surface area contributed by atoms with E-state index in [1.165, 1.54) is 43.8 Å². The minimum atomic E-state index is -0.276. The first-order valence-electron chi connectivity index (χ1n) is 11.1. The monoisotopic (exact) mass is 473 g/mol. The normalized spacial score (nSPS) is 25.1. The Labute approximate surface area is 196 Å². The number of nitrogens with zero attached hydrogens (tertiary/aromatic N) is 1. The Morgan fingerprint density at radius 2 is 1.71 bits per heavy atom. The van der Waals surface area contributed by atoms with Crippen LogP contribution in [0, 0.1) is 5.92 Å². The molecule has 6 heterocycles. The number of fused-ring (bicyclic) bond motifs is 3. The third-order valence-corrected chi connectivity index (χ3v) is 9.66. The number of hydrogen-bond donors (Lipinski definition) is 1. The molecule has 0 aromatic carbocycles. The third-order valence-electron chi connectivity index (χ3n) is 6.85. The fraction of sp³-hybridized carbons (Fsp3) is 0.458. The van der Waals surface area contributed by atoms with E-state index in [4.69, 9.17) is 4.74 Å². The summed E-state index contributed by atoms with van der Waals surface area (Å²) in [4.78, 5) is 16.7. The summed E-state index contributed by atoms with van der Waals surface area (Å²) in [5.41, 5.74) is 0. The van der Waals surface area contributed by atoms with Gasteiger partial charge in [-0.3, -0.25) is 0 Å². The lowest BCUT2D eigenvalue weighted by Crippen LogP contribution is -2.65. The fourth-order valence-electron chi connectivity index (χ4n) is 5.20. The Kier molecular flexibility index (Phi) is 6.46. The van der Waals surface area contributed by atoms with Crippen molar-refractivity contribution in [3.8, 4) is 0 Å². The maximum Gasteiger partial charge on any atom is 0.408 e. The van der Waals surface area contributed by atoms with Gasteiger partial charge in [-0.15, -0.1) is 34.0 Å². The number of carbonyl (C=O) groups is 1. The zero-order valence-corrected chi connectivity index (χ0v) is 20.0. The summed E-state index contributed by atoms with van der Waals surface area (Å²) in [5, 5.41) is 9.43. The minimum absolute atomic E-state index is 0.0385. The van der Waals surface area contributed by atoms with Gasteiger partial charge in [0.1, 0.15) is 12.6 Å². The Morgan fingerprint density at radius 3 is 2.32 bits per heavy atom. The average molecular weight is 474 g/mol. The highest BCUT2D eigenvalue weighted by molar-refractivity contribution is 7.11. The van der Waals surface area contributed by atoms with E-state index < -0.39 is 0 Å². The Morgan fingerprint density at radius 1 is 1.03 bits per heavy atom. The number of ether oxygens (including phenoxy) is 1. The first kappa shape index (κ1) is 21.2. The molecule has 1 N–H and O–H groups in total. The molecule has 1 amide bonds. The molecule has 3 fully saturated rings. The molecule has 1 atom stereocenters. The molecule has 0 radical (unpaired) electrons. The lowest BCUT2D eigenvalue weighted by Gasteiger charge is -2.52. The lowest BCUT2D eigenvalue weighted by atomic mass is 9.83. The van der Waals surface area contributed by atoms with Crippen LogP contribution < -0.4 is 5.32 Å². The van der Waals surface area contributed by atoms with Gasteiger partial charge in [0.2, 0.25) is 0 Å². The molecule has 7 heteroatoms. The Balaban J connectivity index is 1.20. The van der Waals surface area contributed by atoms with Crippen LogP contribution in [0.15, 0.2) is 52.5 Å². The standard InChI is InChI=1S/C24H28N2O2S3/c27-24(25-23(21-7-3-15-30-21)22-8-4-16-31-22)28-20-17-26(12-9-18(20)10-13-26)11-1-5-19-6-2-14-29-19/h2-4,6-8,14-16,18,20,23H,1,5,9-13,17H2/p+1/t18?,20-,26?/m0/s1. The predicted octanol–water partition coefficient (Wildman–Crippen LogP) is 5.93. The van der Waals surface area contributed by atoms with Crippen molar-refractivity contribution in [1.29, 1.82) is 0 Å². The molecule has 0 unspecified atom stereocenters. The van der Waals surface area contributed by atoms with Gasteiger partial charge in [0.05, 0.1) is 19.6 Å². The number of nitrogens with one attached hydrogen (secondary N) is 1. The number of alkyl carbamates (subject to hydrolysis) is 1. The van der Waals surface area contributed by atoms with Crippen LogP contribution in [0.5, 0.6) is 0 Å². The van der Waals surface area contributed by atoms with Gasteiger partial charge in [0.25, 0.3) is 0 Å². The number of amides is 1. The van der Waals surface area contributed by atoms with Gasteiger partial charge >= 0.3 is 6.09 Å². The van der Waals surface area contributed by atoms with Gasteiger partial charge in [-0.25, -0.2) is 4.79 Å². The molecule has 3 aliphatic rings. The number of rotatable bonds is 8. The molecule has 4 nitrogen and oxygen atoms in total. The Hall–Kier alpha value is -1.67. The van der Waals surface area contributed by atoms with Crippen molar-refractivity contribution in [2.24, 2.45) is 5.92 Å². The summed E-state index contributed by atoms with van der Waals surface area (Å²) in [6, 6.07) is 12.5. The van der Waals surface area contributed by atoms with Crippen LogP contribution in [0.25, 0.3) is 0 Å². The molecule has 2 bridgehead atoms. The van der Waals surface area contributed by atoms with E-state index in [-0.39, 0.29) is 18.2 Å². The number of quaternary nitrogens is 1. The molecule has 6 rings (SSSR count). The minimum Gasteiger partial charge on any atom is -0.440 e. The molecular formula is C24H29N2O2S3+. The van der Waals surface area contributed by atoms with E-state index in [2.05, 4.69) is 45.7 Å². The van der Waals surface area contributed by atoms with Crippen LogP contribution in [-0.4, -0.2) is 42.9 Å². The number of thiophene rings is 3. The van der Waals surface area contributed by atoms with E-state index in [0.29, 0.717) is 5.92 Å². The van der Waals surface area contributed by atoms with Crippen LogP contribution in [0.4, 0.5) is 4.79 Å². The summed E-state index contributed by atoms with van der Waals surface area (Å²) in [6.45, 7) is 4.65. The van der Waals surface area contributed by atoms with Crippen molar-refractivity contribution in [2.45, 2.75) is 37.8 Å². The van der Waals surface area contributed by atoms with E-state index in [9.17, 15) is 4.79 Å². The zero-order valence-electron chi connectivity index (χ0n) is 17.6. The smallest absolute Gasteiger partial charge is 0.408 e. The maximum absolute atomic E-state index is 12.9. The maximum atomic E-state index is 12.9. The van der Waals surface area contributed by atoms with Crippen molar-refractivity contribution in [3.63, 3.8) is 0 Å². The predicted molar refractivity (Wildman–Crippen MR) is 129 cm³/mol. The average Bonchev–Trinajstić information content (AvgIpc) is 3.57. The third kappa shape index (κ3) is 4.90. The molecule has 31 heavy (non-hydrogen) atoms. The molecule has 3 aromatic heterocycles. The van der Waals surface area contributed by atoms with Gasteiger partial charge < -0.3 is 14.5 Å². The highest BCUT2D eigenvalue weighted by atomic mass is 32.1. The van der Waals surface area contributed by atoms with E-state index in [1.54, 1.807) is 22.7 Å². The van der Waals surface area contributed by atoms with Crippen LogP contribution in [0.2, 0.25) is 0 Å². The van der Waals surface area contributed by atoms with Crippen LogP contribution in [-0.2, 0) is 11.2 Å². The molecule has 0 aliphatic carbocycles. The topological polar surface area (TPSA) is 38.3 Å².